The van der Waals surface area contributed by atoms with E-state index in [1.165, 1.54) is 16.4 Å². The van der Waals surface area contributed by atoms with Gasteiger partial charge in [0.2, 0.25) is 10.0 Å². The fraction of sp³-hybridized carbons (Fsp3) is 0.381. The predicted octanol–water partition coefficient (Wildman–Crippen LogP) is 2.70. The third-order valence-electron chi connectivity index (χ3n) is 5.25. The van der Waals surface area contributed by atoms with Crippen LogP contribution in [0.25, 0.3) is 0 Å². The van der Waals surface area contributed by atoms with Crippen LogP contribution in [0.15, 0.2) is 47.4 Å². The normalized spacial score (nSPS) is 15.3. The number of aryl methyl sites for hydroxylation is 2. The van der Waals surface area contributed by atoms with Gasteiger partial charge in [0.15, 0.2) is 0 Å². The second-order valence-corrected chi connectivity index (χ2v) is 9.18. The lowest BCUT2D eigenvalue weighted by atomic mass is 10.1. The molecular weight excluding hydrogens is 393 g/mol. The standard InChI is InChI=1S/C21H26FN3O3S/c1-16-3-8-20(15-17(16)2)29(27,28)25-13-11-24(12-14-25)21(26)23-10-9-18-4-6-19(22)7-5-18/h3-8,15H,9-14H2,1-2H3,(H,23,26). The van der Waals surface area contributed by atoms with Crippen molar-refractivity contribution in [3.63, 3.8) is 0 Å². The number of carbonyl (C=O) groups is 1. The molecule has 1 fully saturated rings. The minimum absolute atomic E-state index is 0.213. The molecule has 0 atom stereocenters. The maximum Gasteiger partial charge on any atom is 0.317 e. The number of nitrogens with one attached hydrogen (secondary N) is 1. The lowest BCUT2D eigenvalue weighted by molar-refractivity contribution is 0.172. The van der Waals surface area contributed by atoms with Crippen LogP contribution in [0.2, 0.25) is 0 Å². The van der Waals surface area contributed by atoms with Gasteiger partial charge in [0.25, 0.3) is 0 Å². The lowest BCUT2D eigenvalue weighted by Crippen LogP contribution is -2.53. The molecule has 2 aromatic carbocycles. The highest BCUT2D eigenvalue weighted by Gasteiger charge is 2.30. The molecule has 0 radical (unpaired) electrons. The summed E-state index contributed by atoms with van der Waals surface area (Å²) in [5, 5.41) is 2.84. The Labute approximate surface area is 171 Å². The molecule has 0 spiro atoms. The number of urea groups is 1. The molecule has 0 unspecified atom stereocenters. The molecule has 0 aromatic heterocycles. The summed E-state index contributed by atoms with van der Waals surface area (Å²) in [4.78, 5) is 14.2. The van der Waals surface area contributed by atoms with E-state index in [1.807, 2.05) is 19.9 Å². The largest absolute Gasteiger partial charge is 0.338 e. The van der Waals surface area contributed by atoms with Crippen molar-refractivity contribution in [1.82, 2.24) is 14.5 Å². The Hall–Kier alpha value is -2.45. The number of halogens is 1. The quantitative estimate of drug-likeness (QED) is 0.810. The number of nitrogens with zero attached hydrogens (tertiary/aromatic N) is 2. The van der Waals surface area contributed by atoms with Gasteiger partial charge in [-0.15, -0.1) is 0 Å². The summed E-state index contributed by atoms with van der Waals surface area (Å²) in [5.41, 5.74) is 2.92. The molecule has 6 nitrogen and oxygen atoms in total. The van der Waals surface area contributed by atoms with Crippen LogP contribution >= 0.6 is 0 Å². The Morgan fingerprint density at radius 1 is 1.00 bits per heavy atom. The third-order valence-corrected chi connectivity index (χ3v) is 7.14. The average Bonchev–Trinajstić information content (AvgIpc) is 2.71. The number of rotatable bonds is 5. The molecule has 1 heterocycles. The molecule has 0 bridgehead atoms. The van der Waals surface area contributed by atoms with Gasteiger partial charge in [0.05, 0.1) is 4.90 Å². The zero-order chi connectivity index (χ0) is 21.0. The molecule has 1 aliphatic heterocycles. The summed E-state index contributed by atoms with van der Waals surface area (Å²) in [7, 11) is -3.56. The van der Waals surface area contributed by atoms with Crippen molar-refractivity contribution in [2.45, 2.75) is 25.2 Å². The zero-order valence-electron chi connectivity index (χ0n) is 16.7. The first kappa shape index (κ1) is 21.3. The Kier molecular flexibility index (Phi) is 6.54. The van der Waals surface area contributed by atoms with Crippen LogP contribution in [0.3, 0.4) is 0 Å². The minimum Gasteiger partial charge on any atom is -0.338 e. The van der Waals surface area contributed by atoms with Gasteiger partial charge in [-0.1, -0.05) is 18.2 Å². The van der Waals surface area contributed by atoms with Gasteiger partial charge in [-0.2, -0.15) is 4.31 Å². The molecule has 0 aliphatic carbocycles. The molecular formula is C21H26FN3O3S. The number of hydrogen-bond acceptors (Lipinski definition) is 3. The van der Waals surface area contributed by atoms with E-state index >= 15 is 0 Å². The van der Waals surface area contributed by atoms with Crippen molar-refractivity contribution >= 4 is 16.1 Å². The Balaban J connectivity index is 1.50. The first-order chi connectivity index (χ1) is 13.8. The molecule has 29 heavy (non-hydrogen) atoms. The van der Waals surface area contributed by atoms with Crippen LogP contribution in [0.1, 0.15) is 16.7 Å². The molecule has 0 saturated carbocycles. The number of sulfonamides is 1. The third kappa shape index (κ3) is 5.13. The summed E-state index contributed by atoms with van der Waals surface area (Å²) in [6.07, 6.45) is 0.604. The van der Waals surface area contributed by atoms with E-state index in [0.717, 1.165) is 16.7 Å². The fourth-order valence-electron chi connectivity index (χ4n) is 3.23. The van der Waals surface area contributed by atoms with Crippen LogP contribution in [0.5, 0.6) is 0 Å². The van der Waals surface area contributed by atoms with Crippen molar-refractivity contribution < 1.29 is 17.6 Å². The van der Waals surface area contributed by atoms with Crippen LogP contribution < -0.4 is 5.32 Å². The molecule has 1 N–H and O–H groups in total. The SMILES string of the molecule is Cc1ccc(S(=O)(=O)N2CCN(C(=O)NCCc3ccc(F)cc3)CC2)cc1C. The fourth-order valence-corrected chi connectivity index (χ4v) is 4.74. The van der Waals surface area contributed by atoms with E-state index in [9.17, 15) is 17.6 Å². The summed E-state index contributed by atoms with van der Waals surface area (Å²) < 4.78 is 40.1. The Bertz CT molecular complexity index is 969. The highest BCUT2D eigenvalue weighted by Crippen LogP contribution is 2.20. The maximum absolute atomic E-state index is 12.9. The number of amides is 2. The van der Waals surface area contributed by atoms with Crippen molar-refractivity contribution in [3.05, 3.63) is 65.0 Å². The lowest BCUT2D eigenvalue weighted by Gasteiger charge is -2.34. The van der Waals surface area contributed by atoms with Crippen LogP contribution in [0.4, 0.5) is 9.18 Å². The van der Waals surface area contributed by atoms with E-state index < -0.39 is 10.0 Å². The zero-order valence-corrected chi connectivity index (χ0v) is 17.5. The highest BCUT2D eigenvalue weighted by atomic mass is 32.2. The predicted molar refractivity (Wildman–Crippen MR) is 110 cm³/mol. The minimum atomic E-state index is -3.56. The molecule has 3 rings (SSSR count). The van der Waals surface area contributed by atoms with Gasteiger partial charge >= 0.3 is 6.03 Å². The maximum atomic E-state index is 12.9. The van der Waals surface area contributed by atoms with Crippen LogP contribution in [-0.4, -0.2) is 56.4 Å². The topological polar surface area (TPSA) is 69.7 Å². The van der Waals surface area contributed by atoms with Gasteiger partial charge in [-0.25, -0.2) is 17.6 Å². The number of piperazine rings is 1. The van der Waals surface area contributed by atoms with E-state index in [1.54, 1.807) is 29.2 Å². The smallest absolute Gasteiger partial charge is 0.317 e. The molecule has 2 amide bonds. The first-order valence-electron chi connectivity index (χ1n) is 9.62. The molecule has 156 valence electrons. The molecule has 1 aliphatic rings. The summed E-state index contributed by atoms with van der Waals surface area (Å²) in [6, 6.07) is 11.1. The summed E-state index contributed by atoms with van der Waals surface area (Å²) in [6.45, 7) is 5.48. The van der Waals surface area contributed by atoms with E-state index in [2.05, 4.69) is 5.32 Å². The number of carbonyl (C=O) groups excluding carboxylic acids is 1. The average molecular weight is 420 g/mol. The van der Waals surface area contributed by atoms with Gasteiger partial charge in [-0.05, 0) is 61.2 Å². The van der Waals surface area contributed by atoms with Crippen LogP contribution in [-0.2, 0) is 16.4 Å². The van der Waals surface area contributed by atoms with E-state index in [0.29, 0.717) is 26.1 Å². The molecule has 2 aromatic rings. The highest BCUT2D eigenvalue weighted by molar-refractivity contribution is 7.89. The van der Waals surface area contributed by atoms with E-state index in [4.69, 9.17) is 0 Å². The summed E-state index contributed by atoms with van der Waals surface area (Å²) >= 11 is 0. The summed E-state index contributed by atoms with van der Waals surface area (Å²) in [5.74, 6) is -0.286. The van der Waals surface area contributed by atoms with Crippen molar-refractivity contribution in [3.8, 4) is 0 Å². The number of hydrogen-bond donors (Lipinski definition) is 1. The van der Waals surface area contributed by atoms with Crippen molar-refractivity contribution in [2.24, 2.45) is 0 Å². The van der Waals surface area contributed by atoms with Crippen molar-refractivity contribution in [2.75, 3.05) is 32.7 Å². The van der Waals surface area contributed by atoms with Crippen molar-refractivity contribution in [1.29, 1.82) is 0 Å². The van der Waals surface area contributed by atoms with Gasteiger partial charge < -0.3 is 10.2 Å². The first-order valence-corrected chi connectivity index (χ1v) is 11.1. The molecule has 1 saturated heterocycles. The van der Waals surface area contributed by atoms with Gasteiger partial charge in [0, 0.05) is 32.7 Å². The molecule has 8 heteroatoms. The van der Waals surface area contributed by atoms with Crippen LogP contribution in [0, 0.1) is 19.7 Å². The monoisotopic (exact) mass is 419 g/mol. The second kappa shape index (κ2) is 8.92. The Morgan fingerprint density at radius 2 is 1.66 bits per heavy atom. The second-order valence-electron chi connectivity index (χ2n) is 7.25. The number of benzene rings is 2. The van der Waals surface area contributed by atoms with Gasteiger partial charge in [0.1, 0.15) is 5.82 Å². The Morgan fingerprint density at radius 3 is 2.28 bits per heavy atom. The van der Waals surface area contributed by atoms with E-state index in [-0.39, 0.29) is 29.8 Å². The van der Waals surface area contributed by atoms with Gasteiger partial charge in [-0.3, -0.25) is 0 Å².